The maximum atomic E-state index is 12.9. The zero-order valence-corrected chi connectivity index (χ0v) is 14.9. The first-order valence-corrected chi connectivity index (χ1v) is 9.08. The Morgan fingerprint density at radius 2 is 1.88 bits per heavy atom. The molecule has 7 heteroatoms. The molecule has 3 rings (SSSR count). The molecule has 3 aromatic rings. The van der Waals surface area contributed by atoms with Crippen molar-refractivity contribution in [1.29, 1.82) is 0 Å². The Hall–Kier alpha value is -2.80. The Kier molecular flexibility index (Phi) is 4.50. The van der Waals surface area contributed by atoms with Crippen LogP contribution in [0.25, 0.3) is 11.3 Å². The van der Waals surface area contributed by atoms with Crippen LogP contribution in [0.5, 0.6) is 5.75 Å². The summed E-state index contributed by atoms with van der Waals surface area (Å²) in [5.41, 5.74) is 1.95. The SMILES string of the molecule is COc1ccc(-c2cnc(C)o2)cc1S(=O)(=O)Nc1ccccc1C. The summed E-state index contributed by atoms with van der Waals surface area (Å²) in [6, 6.07) is 12.0. The van der Waals surface area contributed by atoms with Gasteiger partial charge in [0.25, 0.3) is 10.0 Å². The highest BCUT2D eigenvalue weighted by atomic mass is 32.2. The predicted molar refractivity (Wildman–Crippen MR) is 95.2 cm³/mol. The zero-order valence-electron chi connectivity index (χ0n) is 14.1. The van der Waals surface area contributed by atoms with Gasteiger partial charge < -0.3 is 9.15 Å². The fourth-order valence-electron chi connectivity index (χ4n) is 2.42. The first-order valence-electron chi connectivity index (χ1n) is 7.60. The van der Waals surface area contributed by atoms with Crippen LogP contribution in [0.1, 0.15) is 11.5 Å². The second-order valence-corrected chi connectivity index (χ2v) is 7.18. The highest BCUT2D eigenvalue weighted by Gasteiger charge is 2.22. The van der Waals surface area contributed by atoms with Crippen LogP contribution in [0, 0.1) is 13.8 Å². The van der Waals surface area contributed by atoms with E-state index in [9.17, 15) is 8.42 Å². The molecule has 0 aliphatic rings. The number of sulfonamides is 1. The van der Waals surface area contributed by atoms with Gasteiger partial charge in [-0.25, -0.2) is 13.4 Å². The minimum absolute atomic E-state index is 0.0322. The zero-order chi connectivity index (χ0) is 18.0. The molecule has 0 spiro atoms. The minimum Gasteiger partial charge on any atom is -0.495 e. The van der Waals surface area contributed by atoms with Gasteiger partial charge in [0.1, 0.15) is 10.6 Å². The highest BCUT2D eigenvalue weighted by molar-refractivity contribution is 7.92. The Bertz CT molecular complexity index is 1010. The third-order valence-electron chi connectivity index (χ3n) is 3.75. The van der Waals surface area contributed by atoms with Crippen LogP contribution in [-0.2, 0) is 10.0 Å². The highest BCUT2D eigenvalue weighted by Crippen LogP contribution is 2.31. The van der Waals surface area contributed by atoms with Crippen LogP contribution in [0.4, 0.5) is 5.69 Å². The molecule has 0 unspecified atom stereocenters. The lowest BCUT2D eigenvalue weighted by Gasteiger charge is -2.14. The van der Waals surface area contributed by atoms with Crippen LogP contribution in [0.2, 0.25) is 0 Å². The average Bonchev–Trinajstić information content (AvgIpc) is 3.02. The van der Waals surface area contributed by atoms with Gasteiger partial charge in [0.2, 0.25) is 0 Å². The quantitative estimate of drug-likeness (QED) is 0.751. The van der Waals surface area contributed by atoms with Crippen LogP contribution in [0.15, 0.2) is 58.0 Å². The third kappa shape index (κ3) is 3.51. The molecule has 0 aliphatic heterocycles. The molecule has 0 fully saturated rings. The van der Waals surface area contributed by atoms with Crippen molar-refractivity contribution in [3.63, 3.8) is 0 Å². The fourth-order valence-corrected chi connectivity index (χ4v) is 3.75. The van der Waals surface area contributed by atoms with Crippen molar-refractivity contribution in [2.24, 2.45) is 0 Å². The largest absolute Gasteiger partial charge is 0.495 e. The number of anilines is 1. The van der Waals surface area contributed by atoms with Gasteiger partial charge in [0.15, 0.2) is 11.7 Å². The van der Waals surface area contributed by atoms with Crippen molar-refractivity contribution in [3.05, 3.63) is 60.1 Å². The van der Waals surface area contributed by atoms with E-state index in [2.05, 4.69) is 9.71 Å². The van der Waals surface area contributed by atoms with Gasteiger partial charge in [0, 0.05) is 12.5 Å². The summed E-state index contributed by atoms with van der Waals surface area (Å²) >= 11 is 0. The van der Waals surface area contributed by atoms with E-state index in [0.717, 1.165) is 5.56 Å². The number of aryl methyl sites for hydroxylation is 2. The minimum atomic E-state index is -3.84. The Labute approximate surface area is 146 Å². The summed E-state index contributed by atoms with van der Waals surface area (Å²) in [5.74, 6) is 1.25. The van der Waals surface area contributed by atoms with Gasteiger partial charge in [-0.3, -0.25) is 4.72 Å². The van der Waals surface area contributed by atoms with Crippen molar-refractivity contribution in [1.82, 2.24) is 4.98 Å². The molecule has 0 amide bonds. The molecule has 0 saturated heterocycles. The number of ether oxygens (including phenoxy) is 1. The smallest absolute Gasteiger partial charge is 0.265 e. The van der Waals surface area contributed by atoms with E-state index in [1.165, 1.54) is 13.2 Å². The maximum Gasteiger partial charge on any atom is 0.265 e. The number of methoxy groups -OCH3 is 1. The lowest BCUT2D eigenvalue weighted by molar-refractivity contribution is 0.403. The van der Waals surface area contributed by atoms with E-state index in [1.807, 2.05) is 19.1 Å². The molecule has 6 nitrogen and oxygen atoms in total. The lowest BCUT2D eigenvalue weighted by Crippen LogP contribution is -2.15. The Balaban J connectivity index is 2.06. The van der Waals surface area contributed by atoms with Crippen LogP contribution >= 0.6 is 0 Å². The fraction of sp³-hybridized carbons (Fsp3) is 0.167. The van der Waals surface area contributed by atoms with E-state index in [-0.39, 0.29) is 10.6 Å². The first kappa shape index (κ1) is 17.0. The molecule has 0 aliphatic carbocycles. The number of nitrogens with zero attached hydrogens (tertiary/aromatic N) is 1. The summed E-state index contributed by atoms with van der Waals surface area (Å²) in [5, 5.41) is 0. The molecule has 2 aromatic carbocycles. The topological polar surface area (TPSA) is 81.4 Å². The molecule has 25 heavy (non-hydrogen) atoms. The summed E-state index contributed by atoms with van der Waals surface area (Å²) in [4.78, 5) is 4.08. The Morgan fingerprint density at radius 1 is 1.12 bits per heavy atom. The summed E-state index contributed by atoms with van der Waals surface area (Å²) in [6.07, 6.45) is 1.56. The molecule has 1 aromatic heterocycles. The van der Waals surface area contributed by atoms with E-state index >= 15 is 0 Å². The van der Waals surface area contributed by atoms with Gasteiger partial charge in [-0.2, -0.15) is 0 Å². The molecular weight excluding hydrogens is 340 g/mol. The molecule has 0 bridgehead atoms. The number of hydrogen-bond donors (Lipinski definition) is 1. The van der Waals surface area contributed by atoms with E-state index in [1.54, 1.807) is 37.4 Å². The summed E-state index contributed by atoms with van der Waals surface area (Å²) in [6.45, 7) is 3.56. The molecule has 130 valence electrons. The number of oxazole rings is 1. The third-order valence-corrected chi connectivity index (χ3v) is 5.14. The molecular formula is C18H18N2O4S. The number of nitrogens with one attached hydrogen (secondary N) is 1. The van der Waals surface area contributed by atoms with Crippen molar-refractivity contribution in [3.8, 4) is 17.1 Å². The summed E-state index contributed by atoms with van der Waals surface area (Å²) < 4.78 is 39.1. The van der Waals surface area contributed by atoms with Gasteiger partial charge >= 0.3 is 0 Å². The van der Waals surface area contributed by atoms with Crippen LogP contribution in [-0.4, -0.2) is 20.5 Å². The normalized spacial score (nSPS) is 11.3. The average molecular weight is 358 g/mol. The number of benzene rings is 2. The number of aromatic nitrogens is 1. The van der Waals surface area contributed by atoms with Gasteiger partial charge in [-0.15, -0.1) is 0 Å². The Morgan fingerprint density at radius 3 is 2.52 bits per heavy atom. The molecule has 1 N–H and O–H groups in total. The second kappa shape index (κ2) is 6.60. The summed E-state index contributed by atoms with van der Waals surface area (Å²) in [7, 11) is -2.41. The predicted octanol–water partition coefficient (Wildman–Crippen LogP) is 3.77. The standard InChI is InChI=1S/C18H18N2O4S/c1-12-6-4-5-7-15(12)20-25(21,22)18-10-14(8-9-16(18)23-3)17-11-19-13(2)24-17/h4-11,20H,1-3H3. The number of hydrogen-bond acceptors (Lipinski definition) is 5. The van der Waals surface area contributed by atoms with Crippen molar-refractivity contribution >= 4 is 15.7 Å². The lowest BCUT2D eigenvalue weighted by atomic mass is 10.2. The van der Waals surface area contributed by atoms with E-state index < -0.39 is 10.0 Å². The van der Waals surface area contributed by atoms with Crippen LogP contribution in [0.3, 0.4) is 0 Å². The van der Waals surface area contributed by atoms with E-state index in [0.29, 0.717) is 22.9 Å². The van der Waals surface area contributed by atoms with Crippen molar-refractivity contribution in [2.45, 2.75) is 18.7 Å². The van der Waals surface area contributed by atoms with E-state index in [4.69, 9.17) is 9.15 Å². The number of para-hydroxylation sites is 1. The van der Waals surface area contributed by atoms with Gasteiger partial charge in [-0.05, 0) is 36.8 Å². The molecule has 0 radical (unpaired) electrons. The van der Waals surface area contributed by atoms with Crippen LogP contribution < -0.4 is 9.46 Å². The van der Waals surface area contributed by atoms with Crippen molar-refractivity contribution < 1.29 is 17.6 Å². The number of rotatable bonds is 5. The van der Waals surface area contributed by atoms with Crippen molar-refractivity contribution in [2.75, 3.05) is 11.8 Å². The molecule has 0 saturated carbocycles. The van der Waals surface area contributed by atoms with Gasteiger partial charge in [0.05, 0.1) is 19.0 Å². The second-order valence-electron chi connectivity index (χ2n) is 5.53. The van der Waals surface area contributed by atoms with Gasteiger partial charge in [-0.1, -0.05) is 18.2 Å². The first-order chi connectivity index (χ1) is 11.9. The monoisotopic (exact) mass is 358 g/mol. The molecule has 0 atom stereocenters. The maximum absolute atomic E-state index is 12.9. The molecule has 1 heterocycles.